The van der Waals surface area contributed by atoms with Crippen molar-refractivity contribution in [3.05, 3.63) is 75.5 Å². The predicted molar refractivity (Wildman–Crippen MR) is 227 cm³/mol. The van der Waals surface area contributed by atoms with E-state index in [1.807, 2.05) is 17.0 Å². The zero-order chi connectivity index (χ0) is 42.3. The largest absolute Gasteiger partial charge is 0.375 e. The monoisotopic (exact) mass is 837 g/mol. The summed E-state index contributed by atoms with van der Waals surface area (Å²) in [6.45, 7) is 6.78. The van der Waals surface area contributed by atoms with Crippen LogP contribution in [0.15, 0.2) is 47.3 Å². The van der Waals surface area contributed by atoms with Crippen LogP contribution in [0, 0.1) is 22.6 Å². The number of piperidine rings is 2. The maximum atomic E-state index is 15.0. The fourth-order valence-electron chi connectivity index (χ4n) is 11.5. The predicted octanol–water partition coefficient (Wildman–Crippen LogP) is 4.66. The average molecular weight is 838 g/mol. The molecule has 2 aromatic carbocycles. The first-order valence-electron chi connectivity index (χ1n) is 22.8. The number of aromatic nitrogens is 2. The molecule has 2 N–H and O–H groups in total. The van der Waals surface area contributed by atoms with Gasteiger partial charge in [0.15, 0.2) is 0 Å². The van der Waals surface area contributed by atoms with Gasteiger partial charge >= 0.3 is 0 Å². The molecule has 4 heterocycles. The number of benzene rings is 2. The van der Waals surface area contributed by atoms with Crippen LogP contribution in [-0.4, -0.2) is 131 Å². The Kier molecular flexibility index (Phi) is 11.8. The molecule has 4 amide bonds. The normalized spacial score (nSPS) is 25.8. The molecule has 13 nitrogen and oxygen atoms in total. The van der Waals surface area contributed by atoms with E-state index in [9.17, 15) is 24.0 Å². The van der Waals surface area contributed by atoms with Crippen LogP contribution in [0.4, 0.5) is 4.39 Å². The second-order valence-corrected chi connectivity index (χ2v) is 19.3. The highest BCUT2D eigenvalue weighted by Gasteiger charge is 2.69. The highest BCUT2D eigenvalue weighted by atomic mass is 19.1. The van der Waals surface area contributed by atoms with Gasteiger partial charge in [-0.3, -0.25) is 28.9 Å². The number of carbonyl (C=O) groups is 4. The molecule has 4 aliphatic carbocycles. The van der Waals surface area contributed by atoms with Crippen molar-refractivity contribution in [2.24, 2.45) is 16.7 Å². The molecule has 10 rings (SSSR count). The smallest absolute Gasteiger partial charge is 0.272 e. The number of aromatic amines is 1. The number of rotatable bonds is 11. The van der Waals surface area contributed by atoms with Gasteiger partial charge in [-0.2, -0.15) is 5.10 Å². The Morgan fingerprint density at radius 3 is 2.13 bits per heavy atom. The maximum Gasteiger partial charge on any atom is 0.272 e. The molecule has 3 saturated heterocycles. The first-order valence-corrected chi connectivity index (χ1v) is 22.8. The van der Waals surface area contributed by atoms with Gasteiger partial charge in [0.2, 0.25) is 17.7 Å². The van der Waals surface area contributed by atoms with Gasteiger partial charge in [0.25, 0.3) is 11.5 Å². The number of fused-ring (bicyclic) bond motifs is 1. The molecule has 7 fully saturated rings. The molecule has 1 aromatic heterocycles. The highest BCUT2D eigenvalue weighted by Crippen LogP contribution is 2.73. The fourth-order valence-corrected chi connectivity index (χ4v) is 11.5. The van der Waals surface area contributed by atoms with E-state index in [0.29, 0.717) is 79.7 Å². The molecule has 0 radical (unpaired) electrons. The molecule has 3 aromatic rings. The number of hydrogen-bond acceptors (Lipinski definition) is 8. The lowest BCUT2D eigenvalue weighted by Crippen LogP contribution is -2.68. The van der Waals surface area contributed by atoms with Gasteiger partial charge < -0.3 is 24.8 Å². The molecule has 2 bridgehead atoms. The third-order valence-electron chi connectivity index (χ3n) is 14.8. The van der Waals surface area contributed by atoms with Crippen LogP contribution in [0.25, 0.3) is 10.8 Å². The van der Waals surface area contributed by atoms with Gasteiger partial charge in [0, 0.05) is 64.2 Å². The lowest BCUT2D eigenvalue weighted by molar-refractivity contribution is -0.200. The van der Waals surface area contributed by atoms with Crippen molar-refractivity contribution in [1.29, 1.82) is 0 Å². The van der Waals surface area contributed by atoms with Crippen molar-refractivity contribution in [1.82, 2.24) is 35.1 Å². The van der Waals surface area contributed by atoms with E-state index in [-0.39, 0.29) is 52.4 Å². The van der Waals surface area contributed by atoms with Crippen LogP contribution in [0.2, 0.25) is 0 Å². The Balaban J connectivity index is 0.700. The lowest BCUT2D eigenvalue weighted by atomic mass is 9.35. The summed E-state index contributed by atoms with van der Waals surface area (Å²) in [6.07, 6.45) is 12.1. The van der Waals surface area contributed by atoms with Gasteiger partial charge in [-0.15, -0.1) is 0 Å². The first kappa shape index (κ1) is 41.7. The van der Waals surface area contributed by atoms with E-state index < -0.39 is 17.8 Å². The summed E-state index contributed by atoms with van der Waals surface area (Å²) in [4.78, 5) is 74.1. The summed E-state index contributed by atoms with van der Waals surface area (Å²) in [5.41, 5.74) is 1.14. The second kappa shape index (κ2) is 17.2. The molecule has 326 valence electrons. The summed E-state index contributed by atoms with van der Waals surface area (Å²) in [5, 5.41) is 11.3. The zero-order valence-electron chi connectivity index (χ0n) is 35.5. The number of hydrogen-bond donors (Lipinski definition) is 2. The topological polar surface area (TPSA) is 148 Å². The fraction of sp³-hybridized carbons (Fsp3) is 0.617. The van der Waals surface area contributed by atoms with E-state index in [0.717, 1.165) is 83.7 Å². The minimum absolute atomic E-state index is 0.0201. The SMILES string of the molecule is CC12CC(C(=O)NC(C(=O)N3CCC(OC4CCN(CC(=O)N5CCN(C(=O)c6cc(Cc7n[nH]c(=O)c8ccccc78)ccc6F)CC5)CC4)CC3)C3CCCCC3)(C1)C2. The lowest BCUT2D eigenvalue weighted by Gasteiger charge is -2.68. The highest BCUT2D eigenvalue weighted by molar-refractivity contribution is 5.95. The summed E-state index contributed by atoms with van der Waals surface area (Å²) in [5.74, 6) is -0.575. The second-order valence-electron chi connectivity index (χ2n) is 19.3. The van der Waals surface area contributed by atoms with E-state index in [1.165, 1.54) is 12.5 Å². The third-order valence-corrected chi connectivity index (χ3v) is 14.8. The Morgan fingerprint density at radius 1 is 0.820 bits per heavy atom. The Labute approximate surface area is 356 Å². The van der Waals surface area contributed by atoms with Crippen molar-refractivity contribution < 1.29 is 28.3 Å². The number of ether oxygens (including phenoxy) is 1. The summed E-state index contributed by atoms with van der Waals surface area (Å²) < 4.78 is 21.6. The minimum Gasteiger partial charge on any atom is -0.375 e. The number of nitrogens with one attached hydrogen (secondary N) is 2. The Morgan fingerprint density at radius 2 is 1.46 bits per heavy atom. The summed E-state index contributed by atoms with van der Waals surface area (Å²) in [6, 6.07) is 11.2. The number of likely N-dealkylation sites (tertiary alicyclic amines) is 2. The van der Waals surface area contributed by atoms with Gasteiger partial charge in [0.1, 0.15) is 11.9 Å². The number of H-pyrrole nitrogens is 1. The van der Waals surface area contributed by atoms with Crippen molar-refractivity contribution in [3.63, 3.8) is 0 Å². The summed E-state index contributed by atoms with van der Waals surface area (Å²) >= 11 is 0. The van der Waals surface area contributed by atoms with Gasteiger partial charge in [0.05, 0.1) is 40.8 Å². The van der Waals surface area contributed by atoms with Crippen molar-refractivity contribution in [2.45, 2.75) is 109 Å². The number of amides is 4. The molecule has 61 heavy (non-hydrogen) atoms. The van der Waals surface area contributed by atoms with Gasteiger partial charge in [-0.05, 0) is 92.9 Å². The van der Waals surface area contributed by atoms with Crippen LogP contribution in [0.1, 0.15) is 106 Å². The van der Waals surface area contributed by atoms with Gasteiger partial charge in [-0.1, -0.05) is 50.5 Å². The average Bonchev–Trinajstić information content (AvgIpc) is 3.26. The van der Waals surface area contributed by atoms with E-state index >= 15 is 4.39 Å². The molecule has 14 heteroatoms. The van der Waals surface area contributed by atoms with Crippen molar-refractivity contribution in [3.8, 4) is 0 Å². The number of nitrogens with zero attached hydrogens (tertiary/aromatic N) is 5. The first-order chi connectivity index (χ1) is 29.5. The molecule has 7 aliphatic rings. The van der Waals surface area contributed by atoms with Crippen LogP contribution >= 0.6 is 0 Å². The molecular formula is C47H60FN7O6. The maximum absolute atomic E-state index is 15.0. The molecule has 3 aliphatic heterocycles. The number of piperazine rings is 1. The molecule has 4 saturated carbocycles. The molecular weight excluding hydrogens is 778 g/mol. The Hall–Kier alpha value is -4.69. The quantitative estimate of drug-likeness (QED) is 0.284. The van der Waals surface area contributed by atoms with Crippen molar-refractivity contribution >= 4 is 34.4 Å². The zero-order valence-corrected chi connectivity index (χ0v) is 35.5. The van der Waals surface area contributed by atoms with Crippen LogP contribution < -0.4 is 10.9 Å². The van der Waals surface area contributed by atoms with Gasteiger partial charge in [-0.25, -0.2) is 9.49 Å². The van der Waals surface area contributed by atoms with Crippen LogP contribution in [0.3, 0.4) is 0 Å². The number of carbonyl (C=O) groups excluding carboxylic acids is 4. The number of halogens is 1. The Bertz CT molecular complexity index is 2180. The van der Waals surface area contributed by atoms with E-state index in [1.54, 1.807) is 34.1 Å². The standard InChI is InChI=1S/C47H60FN7O6/c1-46-28-47(29-46,30-46)45(60)49-41(32-7-3-2-4-8-32)44(59)54-19-15-34(16-20-54)61-33-13-17-52(18-14-33)27-40(56)53-21-23-55(24-22-53)43(58)37-25-31(11-12-38(37)48)26-39-35-9-5-6-10-36(35)42(57)51-50-39/h5-6,9-12,25,32-34,41H,2-4,7-8,13-24,26-30H2,1H3,(H,49,60)(H,51,57). The third kappa shape index (κ3) is 8.71. The van der Waals surface area contributed by atoms with E-state index in [4.69, 9.17) is 4.74 Å². The molecule has 1 atom stereocenters. The van der Waals surface area contributed by atoms with Crippen LogP contribution in [-0.2, 0) is 25.5 Å². The van der Waals surface area contributed by atoms with Crippen LogP contribution in [0.5, 0.6) is 0 Å². The summed E-state index contributed by atoms with van der Waals surface area (Å²) in [7, 11) is 0. The minimum atomic E-state index is -0.603. The van der Waals surface area contributed by atoms with Crippen molar-refractivity contribution in [2.75, 3.05) is 58.9 Å². The molecule has 1 unspecified atom stereocenters. The molecule has 0 spiro atoms. The van der Waals surface area contributed by atoms with E-state index in [2.05, 4.69) is 27.3 Å².